The average Bonchev–Trinajstić information content (AvgIpc) is 3.55. The van der Waals surface area contributed by atoms with Crippen LogP contribution in [0.2, 0.25) is 10.0 Å². The van der Waals surface area contributed by atoms with Crippen molar-refractivity contribution in [2.45, 2.75) is 24.6 Å². The normalized spacial score (nSPS) is 19.3. The number of hydrogen-bond donors (Lipinski definition) is 1. The van der Waals surface area contributed by atoms with E-state index in [-0.39, 0.29) is 16.3 Å². The first-order valence-corrected chi connectivity index (χ1v) is 14.9. The number of aromatic nitrogens is 5. The monoisotopic (exact) mass is 659 g/mol. The van der Waals surface area contributed by atoms with Crippen LogP contribution >= 0.6 is 23.2 Å². The van der Waals surface area contributed by atoms with Crippen LogP contribution in [-0.4, -0.2) is 50.9 Å². The summed E-state index contributed by atoms with van der Waals surface area (Å²) in [5, 5.41) is 18.9. The van der Waals surface area contributed by atoms with Gasteiger partial charge in [0.1, 0.15) is 17.5 Å². The average molecular weight is 660 g/mol. The van der Waals surface area contributed by atoms with Crippen LogP contribution in [0, 0.1) is 12.7 Å². The highest BCUT2D eigenvalue weighted by Gasteiger charge is 2.50. The second kappa shape index (κ2) is 10.8. The van der Waals surface area contributed by atoms with Gasteiger partial charge in [0, 0.05) is 29.0 Å². The summed E-state index contributed by atoms with van der Waals surface area (Å²) in [4.78, 5) is 2.67. The van der Waals surface area contributed by atoms with Crippen molar-refractivity contribution in [3.05, 3.63) is 105 Å². The third-order valence-electron chi connectivity index (χ3n) is 6.96. The number of nitrogens with zero attached hydrogens (tertiary/aromatic N) is 5. The molecule has 0 saturated heterocycles. The van der Waals surface area contributed by atoms with Crippen LogP contribution in [0.5, 0.6) is 0 Å². The summed E-state index contributed by atoms with van der Waals surface area (Å²) >= 11 is 12.3. The number of hydrogen-bond acceptors (Lipinski definition) is 6. The molecule has 226 valence electrons. The summed E-state index contributed by atoms with van der Waals surface area (Å²) in [6, 6.07) is 8.24. The van der Waals surface area contributed by atoms with Crippen molar-refractivity contribution < 1.29 is 35.5 Å². The lowest BCUT2D eigenvalue weighted by atomic mass is 9.84. The number of benzene rings is 2. The molecular formula is C27H20Cl2F5N5O3S. The molecule has 2 atom stereocenters. The summed E-state index contributed by atoms with van der Waals surface area (Å²) < 4.78 is 99.3. The molecule has 0 bridgehead atoms. The van der Waals surface area contributed by atoms with Crippen molar-refractivity contribution in [1.82, 2.24) is 24.5 Å². The van der Waals surface area contributed by atoms with Gasteiger partial charge in [0.25, 0.3) is 0 Å². The Bertz CT molecular complexity index is 1920. The van der Waals surface area contributed by atoms with Crippen LogP contribution in [0.3, 0.4) is 0 Å². The second-order valence-electron chi connectivity index (χ2n) is 9.80. The Kier molecular flexibility index (Phi) is 7.78. The lowest BCUT2D eigenvalue weighted by Gasteiger charge is -2.38. The Hall–Kier alpha value is -3.59. The quantitative estimate of drug-likeness (QED) is 0.248. The second-order valence-corrected chi connectivity index (χ2v) is 12.6. The molecule has 0 radical (unpaired) electrons. The van der Waals surface area contributed by atoms with Gasteiger partial charge in [-0.2, -0.15) is 13.2 Å². The topological polar surface area (TPSA) is 103 Å². The van der Waals surface area contributed by atoms with Crippen molar-refractivity contribution in [2.75, 3.05) is 12.9 Å². The van der Waals surface area contributed by atoms with E-state index in [9.17, 15) is 26.7 Å². The fourth-order valence-corrected chi connectivity index (χ4v) is 6.83. The first-order chi connectivity index (χ1) is 20.1. The molecule has 0 amide bonds. The van der Waals surface area contributed by atoms with E-state index in [1.54, 1.807) is 12.1 Å². The van der Waals surface area contributed by atoms with Gasteiger partial charge in [-0.05, 0) is 55.0 Å². The van der Waals surface area contributed by atoms with E-state index in [4.69, 9.17) is 23.2 Å². The molecule has 0 saturated carbocycles. The van der Waals surface area contributed by atoms with E-state index >= 15 is 8.78 Å². The van der Waals surface area contributed by atoms with Crippen LogP contribution < -0.4 is 0 Å². The molecule has 43 heavy (non-hydrogen) atoms. The zero-order valence-electron chi connectivity index (χ0n) is 22.1. The Balaban J connectivity index is 1.66. The van der Waals surface area contributed by atoms with Gasteiger partial charge in [-0.1, -0.05) is 34.5 Å². The van der Waals surface area contributed by atoms with E-state index in [0.717, 1.165) is 37.5 Å². The predicted molar refractivity (Wildman–Crippen MR) is 149 cm³/mol. The SMILES string of the molecule is Cc1nc(C(F)(F)F)cn1C1(CO)C(F)=CC(c2cc(F)cc(-n3nncc3-c3ccc(Cl)cc3Cl)c2)C=C1S(C)(=O)=O. The van der Waals surface area contributed by atoms with Gasteiger partial charge in [0.2, 0.25) is 0 Å². The van der Waals surface area contributed by atoms with Gasteiger partial charge in [-0.25, -0.2) is 26.9 Å². The lowest BCUT2D eigenvalue weighted by Crippen LogP contribution is -2.45. The Labute approximate surface area is 251 Å². The molecule has 2 heterocycles. The fraction of sp³-hybridized carbons (Fsp3) is 0.222. The highest BCUT2D eigenvalue weighted by Crippen LogP contribution is 2.46. The van der Waals surface area contributed by atoms with Gasteiger partial charge < -0.3 is 9.67 Å². The predicted octanol–water partition coefficient (Wildman–Crippen LogP) is 6.17. The molecule has 8 nitrogen and oxygen atoms in total. The molecule has 4 aromatic rings. The molecule has 1 aliphatic carbocycles. The zero-order valence-corrected chi connectivity index (χ0v) is 24.4. The van der Waals surface area contributed by atoms with Gasteiger partial charge >= 0.3 is 6.18 Å². The van der Waals surface area contributed by atoms with E-state index < -0.39 is 62.1 Å². The van der Waals surface area contributed by atoms with Crippen LogP contribution in [0.15, 0.2) is 71.7 Å². The van der Waals surface area contributed by atoms with E-state index in [1.165, 1.54) is 23.0 Å². The van der Waals surface area contributed by atoms with Crippen molar-refractivity contribution in [3.8, 4) is 16.9 Å². The smallest absolute Gasteiger partial charge is 0.393 e. The molecule has 2 aromatic carbocycles. The van der Waals surface area contributed by atoms with Crippen molar-refractivity contribution in [1.29, 1.82) is 0 Å². The van der Waals surface area contributed by atoms with Crippen LogP contribution in [0.1, 0.15) is 23.0 Å². The Morgan fingerprint density at radius 1 is 1.09 bits per heavy atom. The number of aliphatic hydroxyl groups is 1. The highest BCUT2D eigenvalue weighted by molar-refractivity contribution is 7.94. The number of aryl methyl sites for hydroxylation is 1. The van der Waals surface area contributed by atoms with Gasteiger partial charge in [0.15, 0.2) is 21.1 Å². The fourth-order valence-electron chi connectivity index (χ4n) is 5.06. The number of imidazole rings is 1. The maximum atomic E-state index is 16.1. The largest absolute Gasteiger partial charge is 0.434 e. The number of halogens is 7. The number of sulfone groups is 1. The van der Waals surface area contributed by atoms with Crippen LogP contribution in [0.25, 0.3) is 16.9 Å². The summed E-state index contributed by atoms with van der Waals surface area (Å²) in [6.07, 6.45) is -0.433. The number of allylic oxidation sites excluding steroid dienone is 2. The standard InChI is InChI=1S/C27H20Cl2F5N5O3S/c1-14-36-24(27(32,33)34)12-38(14)26(13-40)23(31)7-16(8-25(26)43(2,41)42)15-5-18(30)10-19(6-15)39-22(11-35-37-39)20-4-3-17(28)9-21(20)29/h3-12,16,40H,13H2,1-2H3. The summed E-state index contributed by atoms with van der Waals surface area (Å²) in [6.45, 7) is -0.137. The molecule has 5 rings (SSSR count). The van der Waals surface area contributed by atoms with E-state index in [1.807, 2.05) is 0 Å². The summed E-state index contributed by atoms with van der Waals surface area (Å²) in [5.74, 6) is -3.70. The van der Waals surface area contributed by atoms with E-state index in [2.05, 4.69) is 15.3 Å². The first kappa shape index (κ1) is 30.9. The minimum absolute atomic E-state index is 0.0693. The maximum Gasteiger partial charge on any atom is 0.434 e. The molecule has 1 N–H and O–H groups in total. The third-order valence-corrected chi connectivity index (χ3v) is 8.78. The summed E-state index contributed by atoms with van der Waals surface area (Å²) in [5.41, 5.74) is -2.97. The Morgan fingerprint density at radius 2 is 1.81 bits per heavy atom. The lowest BCUT2D eigenvalue weighted by molar-refractivity contribution is -0.141. The molecule has 16 heteroatoms. The van der Waals surface area contributed by atoms with Gasteiger partial charge in [-0.3, -0.25) is 0 Å². The van der Waals surface area contributed by atoms with Crippen LogP contribution in [0.4, 0.5) is 22.0 Å². The number of rotatable bonds is 6. The molecule has 1 aliphatic rings. The van der Waals surface area contributed by atoms with E-state index in [0.29, 0.717) is 27.0 Å². The number of aliphatic hydroxyl groups excluding tert-OH is 1. The first-order valence-electron chi connectivity index (χ1n) is 12.3. The molecule has 0 spiro atoms. The van der Waals surface area contributed by atoms with Gasteiger partial charge in [0.05, 0.1) is 34.1 Å². The number of alkyl halides is 3. The molecule has 0 fully saturated rings. The molecule has 2 aromatic heterocycles. The highest BCUT2D eigenvalue weighted by atomic mass is 35.5. The maximum absolute atomic E-state index is 16.1. The van der Waals surface area contributed by atoms with Crippen molar-refractivity contribution in [3.63, 3.8) is 0 Å². The minimum atomic E-state index is -4.92. The third kappa shape index (κ3) is 5.48. The minimum Gasteiger partial charge on any atom is -0.393 e. The van der Waals surface area contributed by atoms with Gasteiger partial charge in [-0.15, -0.1) is 5.10 Å². The van der Waals surface area contributed by atoms with Crippen LogP contribution in [-0.2, 0) is 21.6 Å². The summed E-state index contributed by atoms with van der Waals surface area (Å²) in [7, 11) is -4.38. The Morgan fingerprint density at radius 3 is 2.42 bits per heavy atom. The van der Waals surface area contributed by atoms with Crippen molar-refractivity contribution >= 4 is 33.0 Å². The van der Waals surface area contributed by atoms with Crippen molar-refractivity contribution in [2.24, 2.45) is 0 Å². The molecule has 2 unspecified atom stereocenters. The molecular weight excluding hydrogens is 640 g/mol. The zero-order chi connectivity index (χ0) is 31.5. The molecule has 0 aliphatic heterocycles.